The molecule has 0 radical (unpaired) electrons. The number of hydrogen-bond donors (Lipinski definition) is 1. The summed E-state index contributed by atoms with van der Waals surface area (Å²) >= 11 is 0. The number of fused-ring (bicyclic) bond motifs is 1. The summed E-state index contributed by atoms with van der Waals surface area (Å²) in [7, 11) is 0. The summed E-state index contributed by atoms with van der Waals surface area (Å²) in [5.41, 5.74) is 9.06. The molecule has 0 aliphatic carbocycles. The van der Waals surface area contributed by atoms with Crippen LogP contribution in [0.4, 0.5) is 0 Å². The van der Waals surface area contributed by atoms with Crippen molar-refractivity contribution in [3.05, 3.63) is 35.8 Å². The molecule has 2 N–H and O–H groups in total. The summed E-state index contributed by atoms with van der Waals surface area (Å²) in [6.07, 6.45) is 7.98. The number of rotatable bonds is 4. The van der Waals surface area contributed by atoms with Gasteiger partial charge in [0.2, 0.25) is 0 Å². The van der Waals surface area contributed by atoms with Crippen LogP contribution in [0.5, 0.6) is 0 Å². The molecule has 0 bridgehead atoms. The van der Waals surface area contributed by atoms with Crippen molar-refractivity contribution in [2.75, 3.05) is 19.6 Å². The third kappa shape index (κ3) is 2.86. The van der Waals surface area contributed by atoms with Gasteiger partial charge < -0.3 is 15.0 Å². The zero-order valence-electron chi connectivity index (χ0n) is 12.3. The van der Waals surface area contributed by atoms with E-state index >= 15 is 0 Å². The van der Waals surface area contributed by atoms with Crippen molar-refractivity contribution in [2.45, 2.75) is 32.7 Å². The van der Waals surface area contributed by atoms with E-state index in [0.717, 1.165) is 23.5 Å². The monoisotopic (exact) mass is 272 g/mol. The molecule has 1 atom stereocenters. The van der Waals surface area contributed by atoms with E-state index in [1.165, 1.54) is 38.2 Å². The minimum absolute atomic E-state index is 0.576. The molecule has 4 heteroatoms. The molecule has 3 rings (SSSR count). The quantitative estimate of drug-likeness (QED) is 0.927. The lowest BCUT2D eigenvalue weighted by Gasteiger charge is -2.31. The van der Waals surface area contributed by atoms with Gasteiger partial charge in [-0.1, -0.05) is 6.92 Å². The largest absolute Gasteiger partial charge is 0.326 e. The Labute approximate surface area is 120 Å². The van der Waals surface area contributed by atoms with E-state index in [-0.39, 0.29) is 0 Å². The summed E-state index contributed by atoms with van der Waals surface area (Å²) in [6, 6.07) is 4.15. The molecule has 1 aliphatic heterocycles. The number of piperidine rings is 1. The second-order valence-corrected chi connectivity index (χ2v) is 5.84. The van der Waals surface area contributed by atoms with E-state index in [1.807, 2.05) is 0 Å². The fourth-order valence-electron chi connectivity index (χ4n) is 3.20. The molecule has 2 aromatic heterocycles. The van der Waals surface area contributed by atoms with Crippen LogP contribution in [0.3, 0.4) is 0 Å². The number of pyridine rings is 1. The van der Waals surface area contributed by atoms with Crippen molar-refractivity contribution in [1.82, 2.24) is 14.3 Å². The minimum Gasteiger partial charge on any atom is -0.326 e. The van der Waals surface area contributed by atoms with E-state index in [4.69, 9.17) is 10.7 Å². The predicted octanol–water partition coefficient (Wildman–Crippen LogP) is 2.07. The van der Waals surface area contributed by atoms with Crippen molar-refractivity contribution in [1.29, 1.82) is 0 Å². The van der Waals surface area contributed by atoms with E-state index in [9.17, 15) is 0 Å². The maximum Gasteiger partial charge on any atom is 0.137 e. The molecule has 20 heavy (non-hydrogen) atoms. The van der Waals surface area contributed by atoms with Gasteiger partial charge in [-0.2, -0.15) is 0 Å². The van der Waals surface area contributed by atoms with Gasteiger partial charge in [-0.05, 0) is 56.0 Å². The standard InChI is InChI=1S/C16H24N4/c1-2-19-6-3-4-14(11-19)8-15-12-20-7-5-13(10-17)9-16(20)18-15/h5,7,9,12,14H,2-4,6,8,10-11,17H2,1H3. The van der Waals surface area contributed by atoms with Gasteiger partial charge in [0.05, 0.1) is 5.69 Å². The van der Waals surface area contributed by atoms with E-state index in [0.29, 0.717) is 6.54 Å². The fraction of sp³-hybridized carbons (Fsp3) is 0.562. The van der Waals surface area contributed by atoms with Crippen LogP contribution in [0.1, 0.15) is 31.0 Å². The number of imidazole rings is 1. The molecule has 1 aliphatic rings. The van der Waals surface area contributed by atoms with Crippen LogP contribution in [0.25, 0.3) is 5.65 Å². The van der Waals surface area contributed by atoms with Gasteiger partial charge in [-0.3, -0.25) is 0 Å². The third-order valence-electron chi connectivity index (χ3n) is 4.36. The maximum atomic E-state index is 5.69. The highest BCUT2D eigenvalue weighted by Crippen LogP contribution is 2.20. The SMILES string of the molecule is CCN1CCCC(Cc2cn3ccc(CN)cc3n2)C1. The lowest BCUT2D eigenvalue weighted by atomic mass is 9.94. The molecule has 1 unspecified atom stereocenters. The zero-order chi connectivity index (χ0) is 13.9. The van der Waals surface area contributed by atoms with Gasteiger partial charge in [0, 0.05) is 25.5 Å². The molecule has 3 heterocycles. The van der Waals surface area contributed by atoms with Gasteiger partial charge >= 0.3 is 0 Å². The van der Waals surface area contributed by atoms with Crippen LogP contribution >= 0.6 is 0 Å². The molecule has 4 nitrogen and oxygen atoms in total. The first kappa shape index (κ1) is 13.6. The van der Waals surface area contributed by atoms with Crippen molar-refractivity contribution >= 4 is 5.65 Å². The van der Waals surface area contributed by atoms with Crippen LogP contribution in [0.15, 0.2) is 24.5 Å². The Morgan fingerprint density at radius 1 is 1.45 bits per heavy atom. The second-order valence-electron chi connectivity index (χ2n) is 5.84. The summed E-state index contributed by atoms with van der Waals surface area (Å²) < 4.78 is 2.11. The van der Waals surface area contributed by atoms with Crippen LogP contribution in [-0.4, -0.2) is 33.9 Å². The van der Waals surface area contributed by atoms with Crippen LogP contribution in [0.2, 0.25) is 0 Å². The molecular weight excluding hydrogens is 248 g/mol. The zero-order valence-corrected chi connectivity index (χ0v) is 12.3. The van der Waals surface area contributed by atoms with Crippen molar-refractivity contribution < 1.29 is 0 Å². The van der Waals surface area contributed by atoms with Gasteiger partial charge in [-0.25, -0.2) is 4.98 Å². The highest BCUT2D eigenvalue weighted by atomic mass is 15.1. The highest BCUT2D eigenvalue weighted by Gasteiger charge is 2.19. The Bertz CT molecular complexity index is 575. The summed E-state index contributed by atoms with van der Waals surface area (Å²) in [4.78, 5) is 7.31. The molecule has 2 aromatic rings. The van der Waals surface area contributed by atoms with E-state index in [1.54, 1.807) is 0 Å². The number of hydrogen-bond acceptors (Lipinski definition) is 3. The van der Waals surface area contributed by atoms with Gasteiger partial charge in [0.25, 0.3) is 0 Å². The number of likely N-dealkylation sites (tertiary alicyclic amines) is 1. The van der Waals surface area contributed by atoms with Crippen molar-refractivity contribution in [2.24, 2.45) is 11.7 Å². The Balaban J connectivity index is 1.74. The van der Waals surface area contributed by atoms with E-state index in [2.05, 4.69) is 40.8 Å². The third-order valence-corrected chi connectivity index (χ3v) is 4.36. The molecule has 0 amide bonds. The van der Waals surface area contributed by atoms with E-state index < -0.39 is 0 Å². The van der Waals surface area contributed by atoms with Crippen LogP contribution in [0, 0.1) is 5.92 Å². The average molecular weight is 272 g/mol. The Morgan fingerprint density at radius 2 is 2.35 bits per heavy atom. The second kappa shape index (κ2) is 5.94. The Kier molecular flexibility index (Phi) is 4.03. The number of nitrogens with zero attached hydrogens (tertiary/aromatic N) is 3. The first-order valence-corrected chi connectivity index (χ1v) is 7.67. The number of nitrogens with two attached hydrogens (primary N) is 1. The normalized spacial score (nSPS) is 20.6. The topological polar surface area (TPSA) is 46.6 Å². The van der Waals surface area contributed by atoms with Gasteiger partial charge in [-0.15, -0.1) is 0 Å². The molecule has 0 saturated carbocycles. The lowest BCUT2D eigenvalue weighted by molar-refractivity contribution is 0.181. The first-order valence-electron chi connectivity index (χ1n) is 7.67. The summed E-state index contributed by atoms with van der Waals surface area (Å²) in [6.45, 7) is 6.48. The predicted molar refractivity (Wildman–Crippen MR) is 81.6 cm³/mol. The van der Waals surface area contributed by atoms with Gasteiger partial charge in [0.15, 0.2) is 0 Å². The molecule has 1 saturated heterocycles. The first-order chi connectivity index (χ1) is 9.78. The average Bonchev–Trinajstić information content (AvgIpc) is 2.88. The van der Waals surface area contributed by atoms with Gasteiger partial charge in [0.1, 0.15) is 5.65 Å². The molecule has 1 fully saturated rings. The maximum absolute atomic E-state index is 5.69. The Morgan fingerprint density at radius 3 is 3.15 bits per heavy atom. The minimum atomic E-state index is 0.576. The lowest BCUT2D eigenvalue weighted by Crippen LogP contribution is -2.35. The number of aromatic nitrogens is 2. The van der Waals surface area contributed by atoms with Crippen molar-refractivity contribution in [3.63, 3.8) is 0 Å². The summed E-state index contributed by atoms with van der Waals surface area (Å²) in [5, 5.41) is 0. The van der Waals surface area contributed by atoms with Crippen molar-refractivity contribution in [3.8, 4) is 0 Å². The van der Waals surface area contributed by atoms with Crippen LogP contribution < -0.4 is 5.73 Å². The smallest absolute Gasteiger partial charge is 0.137 e. The molecule has 0 spiro atoms. The fourth-order valence-corrected chi connectivity index (χ4v) is 3.20. The Hall–Kier alpha value is -1.39. The molecule has 108 valence electrons. The highest BCUT2D eigenvalue weighted by molar-refractivity contribution is 5.43. The molecule has 0 aromatic carbocycles. The van der Waals surface area contributed by atoms with Crippen LogP contribution in [-0.2, 0) is 13.0 Å². The summed E-state index contributed by atoms with van der Waals surface area (Å²) in [5.74, 6) is 0.752. The molecular formula is C16H24N4.